The number of benzene rings is 3. The highest BCUT2D eigenvalue weighted by atomic mass is 16.7. The maximum Gasteiger partial charge on any atom is 0.259 e. The first-order chi connectivity index (χ1) is 13.5. The van der Waals surface area contributed by atoms with E-state index in [2.05, 4.69) is 26.8 Å². The van der Waals surface area contributed by atoms with Gasteiger partial charge in [-0.25, -0.2) is 0 Å². The highest BCUT2D eigenvalue weighted by molar-refractivity contribution is 6.16. The second kappa shape index (κ2) is 5.86. The van der Waals surface area contributed by atoms with E-state index in [1.54, 1.807) is 0 Å². The lowest BCUT2D eigenvalue weighted by Crippen LogP contribution is -2.49. The molecule has 0 fully saturated rings. The third-order valence-electron chi connectivity index (χ3n) is 5.53. The second-order valence-corrected chi connectivity index (χ2v) is 7.87. The lowest BCUT2D eigenvalue weighted by atomic mass is 9.87. The Morgan fingerprint density at radius 2 is 1.71 bits per heavy atom. The minimum Gasteiger partial charge on any atom is -0.454 e. The van der Waals surface area contributed by atoms with Crippen molar-refractivity contribution in [2.24, 2.45) is 0 Å². The number of nitrogens with zero attached hydrogens (tertiary/aromatic N) is 1. The molecule has 2 aliphatic rings. The summed E-state index contributed by atoms with van der Waals surface area (Å²) in [6.07, 6.45) is 2.14. The maximum absolute atomic E-state index is 13.8. The zero-order valence-electron chi connectivity index (χ0n) is 16.2. The summed E-state index contributed by atoms with van der Waals surface area (Å²) < 4.78 is 11.1. The monoisotopic (exact) mass is 371 g/mol. The zero-order chi connectivity index (χ0) is 19.5. The number of ether oxygens (including phenoxy) is 2. The number of amides is 1. The number of carbonyl (C=O) groups is 1. The molecule has 3 aromatic carbocycles. The van der Waals surface area contributed by atoms with Gasteiger partial charge in [-0.2, -0.15) is 0 Å². The molecule has 0 spiro atoms. The molecule has 0 aromatic heterocycles. The van der Waals surface area contributed by atoms with Gasteiger partial charge in [0, 0.05) is 17.2 Å². The van der Waals surface area contributed by atoms with E-state index >= 15 is 0 Å². The fourth-order valence-electron chi connectivity index (χ4n) is 4.32. The van der Waals surface area contributed by atoms with E-state index in [0.717, 1.165) is 33.3 Å². The Morgan fingerprint density at radius 1 is 1.00 bits per heavy atom. The van der Waals surface area contributed by atoms with Gasteiger partial charge in [0.25, 0.3) is 5.91 Å². The molecule has 0 bridgehead atoms. The minimum absolute atomic E-state index is 0.0225. The van der Waals surface area contributed by atoms with Crippen LogP contribution in [0.2, 0.25) is 0 Å². The molecule has 2 heterocycles. The molecule has 5 rings (SSSR count). The molecule has 2 aliphatic heterocycles. The van der Waals surface area contributed by atoms with Gasteiger partial charge in [-0.15, -0.1) is 0 Å². The van der Waals surface area contributed by atoms with Crippen molar-refractivity contribution in [1.29, 1.82) is 0 Å². The Balaban J connectivity index is 1.72. The zero-order valence-corrected chi connectivity index (χ0v) is 16.2. The highest BCUT2D eigenvalue weighted by Gasteiger charge is 2.38. The van der Waals surface area contributed by atoms with Gasteiger partial charge in [0.15, 0.2) is 11.5 Å². The topological polar surface area (TPSA) is 38.8 Å². The van der Waals surface area contributed by atoms with Crippen molar-refractivity contribution in [3.05, 3.63) is 71.8 Å². The van der Waals surface area contributed by atoms with Gasteiger partial charge in [-0.3, -0.25) is 9.69 Å². The number of carbonyl (C=O) groups excluding carboxylic acids is 1. The largest absolute Gasteiger partial charge is 0.454 e. The van der Waals surface area contributed by atoms with Crippen molar-refractivity contribution in [3.8, 4) is 11.5 Å². The molecule has 0 N–H and O–H groups in total. The van der Waals surface area contributed by atoms with Crippen LogP contribution in [0.3, 0.4) is 0 Å². The van der Waals surface area contributed by atoms with Crippen LogP contribution in [0.15, 0.2) is 60.7 Å². The van der Waals surface area contributed by atoms with Crippen molar-refractivity contribution >= 4 is 27.9 Å². The minimum atomic E-state index is -0.473. The molecule has 4 nitrogen and oxygen atoms in total. The first-order valence-electron chi connectivity index (χ1n) is 9.41. The molecule has 0 saturated heterocycles. The van der Waals surface area contributed by atoms with E-state index in [1.165, 1.54) is 0 Å². The van der Waals surface area contributed by atoms with Crippen LogP contribution in [-0.4, -0.2) is 18.2 Å². The van der Waals surface area contributed by atoms with Gasteiger partial charge < -0.3 is 9.47 Å². The predicted molar refractivity (Wildman–Crippen MR) is 111 cm³/mol. The Morgan fingerprint density at radius 3 is 2.54 bits per heavy atom. The van der Waals surface area contributed by atoms with Crippen LogP contribution in [0.25, 0.3) is 16.3 Å². The van der Waals surface area contributed by atoms with Gasteiger partial charge in [0.2, 0.25) is 6.79 Å². The third-order valence-corrected chi connectivity index (χ3v) is 5.53. The van der Waals surface area contributed by atoms with E-state index < -0.39 is 5.54 Å². The first kappa shape index (κ1) is 16.9. The molecule has 0 aliphatic carbocycles. The van der Waals surface area contributed by atoms with E-state index in [-0.39, 0.29) is 12.7 Å². The molecule has 1 amide bonds. The SMILES string of the molecule is CC1=CC(C)(C)N(C(=O)c2cccc3ccccc23)c2cc3c(cc21)OCO3. The quantitative estimate of drug-likeness (QED) is 0.574. The lowest BCUT2D eigenvalue weighted by molar-refractivity contribution is 0.0971. The number of hydrogen-bond acceptors (Lipinski definition) is 3. The van der Waals surface area contributed by atoms with Crippen LogP contribution >= 0.6 is 0 Å². The van der Waals surface area contributed by atoms with Gasteiger partial charge >= 0.3 is 0 Å². The van der Waals surface area contributed by atoms with Gasteiger partial charge in [0.1, 0.15) is 0 Å². The predicted octanol–water partition coefficient (Wildman–Crippen LogP) is 5.41. The second-order valence-electron chi connectivity index (χ2n) is 7.87. The molecular weight excluding hydrogens is 350 g/mol. The molecule has 140 valence electrons. The smallest absolute Gasteiger partial charge is 0.259 e. The summed E-state index contributed by atoms with van der Waals surface area (Å²) in [5.41, 5.74) is 3.20. The van der Waals surface area contributed by atoms with Gasteiger partial charge in [0.05, 0.1) is 11.2 Å². The Kier molecular flexibility index (Phi) is 3.53. The summed E-state index contributed by atoms with van der Waals surface area (Å²) in [6.45, 7) is 6.41. The van der Waals surface area contributed by atoms with Crippen LogP contribution in [0.5, 0.6) is 11.5 Å². The van der Waals surface area contributed by atoms with Crippen molar-refractivity contribution in [3.63, 3.8) is 0 Å². The van der Waals surface area contributed by atoms with Crippen LogP contribution in [0, 0.1) is 0 Å². The lowest BCUT2D eigenvalue weighted by Gasteiger charge is -2.41. The number of anilines is 1. The normalized spacial score (nSPS) is 16.7. The van der Waals surface area contributed by atoms with E-state index in [0.29, 0.717) is 11.3 Å². The Hall–Kier alpha value is -3.27. The maximum atomic E-state index is 13.8. The molecule has 3 aromatic rings. The van der Waals surface area contributed by atoms with Crippen LogP contribution in [0.1, 0.15) is 36.7 Å². The summed E-state index contributed by atoms with van der Waals surface area (Å²) in [7, 11) is 0. The third kappa shape index (κ3) is 2.41. The summed E-state index contributed by atoms with van der Waals surface area (Å²) >= 11 is 0. The average Bonchev–Trinajstić information content (AvgIpc) is 3.13. The van der Waals surface area contributed by atoms with Crippen molar-refractivity contribution < 1.29 is 14.3 Å². The Bertz CT molecular complexity index is 1150. The fourth-order valence-corrected chi connectivity index (χ4v) is 4.32. The fraction of sp³-hybridized carbons (Fsp3) is 0.208. The Labute approximate surface area is 164 Å². The van der Waals surface area contributed by atoms with Gasteiger partial charge in [-0.05, 0) is 49.2 Å². The van der Waals surface area contributed by atoms with Crippen molar-refractivity contribution in [2.75, 3.05) is 11.7 Å². The standard InChI is InChI=1S/C24H21NO3/c1-15-13-24(2,3)25(20-12-22-21(11-19(15)20)27-14-28-22)23(26)18-10-6-8-16-7-4-5-9-17(16)18/h4-13H,14H2,1-3H3. The summed E-state index contributed by atoms with van der Waals surface area (Å²) in [6, 6.07) is 17.8. The molecule has 0 radical (unpaired) electrons. The van der Waals surface area contributed by atoms with Crippen molar-refractivity contribution in [2.45, 2.75) is 26.3 Å². The first-order valence-corrected chi connectivity index (χ1v) is 9.41. The van der Waals surface area contributed by atoms with Gasteiger partial charge in [-0.1, -0.05) is 42.5 Å². The average molecular weight is 371 g/mol. The molecular formula is C24H21NO3. The molecule has 28 heavy (non-hydrogen) atoms. The number of hydrogen-bond donors (Lipinski definition) is 0. The summed E-state index contributed by atoms with van der Waals surface area (Å²) in [5, 5.41) is 2.01. The molecule has 0 unspecified atom stereocenters. The number of fused-ring (bicyclic) bond motifs is 3. The number of allylic oxidation sites excluding steroid dienone is 1. The van der Waals surface area contributed by atoms with Crippen molar-refractivity contribution in [1.82, 2.24) is 0 Å². The summed E-state index contributed by atoms with van der Waals surface area (Å²) in [5.74, 6) is 1.38. The van der Waals surface area contributed by atoms with E-state index in [9.17, 15) is 4.79 Å². The highest BCUT2D eigenvalue weighted by Crippen LogP contribution is 2.46. The van der Waals surface area contributed by atoms with Crippen LogP contribution in [-0.2, 0) is 0 Å². The van der Waals surface area contributed by atoms with E-state index in [1.807, 2.05) is 59.5 Å². The molecule has 4 heteroatoms. The molecule has 0 saturated carbocycles. The van der Waals surface area contributed by atoms with Crippen LogP contribution < -0.4 is 14.4 Å². The molecule has 0 atom stereocenters. The summed E-state index contributed by atoms with van der Waals surface area (Å²) in [4.78, 5) is 15.7. The van der Waals surface area contributed by atoms with Crippen LogP contribution in [0.4, 0.5) is 5.69 Å². The van der Waals surface area contributed by atoms with E-state index in [4.69, 9.17) is 9.47 Å². The number of rotatable bonds is 1.